The van der Waals surface area contributed by atoms with Crippen LogP contribution in [-0.4, -0.2) is 195 Å². The maximum absolute atomic E-state index is 16.2. The molecule has 0 aliphatic carbocycles. The van der Waals surface area contributed by atoms with Crippen LogP contribution in [0.15, 0.2) is 97.3 Å². The fraction of sp³-hybridized carbons (Fsp3) is 0.444. The van der Waals surface area contributed by atoms with Crippen LogP contribution in [0.3, 0.4) is 0 Å². The van der Waals surface area contributed by atoms with Crippen molar-refractivity contribution in [2.45, 2.75) is 177 Å². The molecule has 0 unspecified atom stereocenters. The molecule has 0 bridgehead atoms. The van der Waals surface area contributed by atoms with Crippen LogP contribution in [0, 0.1) is 11.6 Å². The van der Waals surface area contributed by atoms with Crippen molar-refractivity contribution >= 4 is 92.7 Å². The number of nitrogens with two attached hydrogens (primary N) is 2. The van der Waals surface area contributed by atoms with Gasteiger partial charge in [0.1, 0.15) is 83.5 Å². The molecule has 3 aliphatic heterocycles. The number of H-pyrrole nitrogens is 2. The molecule has 12 atom stereocenters. The van der Waals surface area contributed by atoms with E-state index in [2.05, 4.69) is 57.8 Å². The van der Waals surface area contributed by atoms with Crippen molar-refractivity contribution in [1.82, 2.24) is 67.6 Å². The molecule has 16 N–H and O–H groups in total. The molecule has 0 radical (unpaired) electrons. The summed E-state index contributed by atoms with van der Waals surface area (Å²) >= 11 is 0. The minimum atomic E-state index is -1.93. The third-order valence-corrected chi connectivity index (χ3v) is 19.1. The van der Waals surface area contributed by atoms with Crippen molar-refractivity contribution in [2.75, 3.05) is 26.7 Å². The Morgan fingerprint density at radius 3 is 1.91 bits per heavy atom. The highest BCUT2D eigenvalue weighted by Gasteiger charge is 2.50. The van der Waals surface area contributed by atoms with E-state index in [9.17, 15) is 52.6 Å². The van der Waals surface area contributed by atoms with Gasteiger partial charge in [-0.25, -0.2) is 13.2 Å². The zero-order valence-electron chi connectivity index (χ0n) is 58.1. The first kappa shape index (κ1) is 77.3. The number of hydrogen-bond donors (Lipinski definition) is 14. The van der Waals surface area contributed by atoms with Crippen LogP contribution in [0.25, 0.3) is 21.8 Å². The average molecular weight is 1440 g/mol. The third-order valence-electron chi connectivity index (χ3n) is 19.1. The average Bonchev–Trinajstić information content (AvgIpc) is 1.61. The largest absolute Gasteiger partial charge is 0.497 e. The molecule has 32 heteroatoms. The van der Waals surface area contributed by atoms with Crippen LogP contribution >= 0.6 is 0 Å². The number of fused-ring (bicyclic) bond motifs is 5. The number of alkyl halides is 1. The quantitative estimate of drug-likeness (QED) is 0.0659. The summed E-state index contributed by atoms with van der Waals surface area (Å²) in [6, 6.07) is 5.77. The first-order valence-corrected chi connectivity index (χ1v) is 34.4. The van der Waals surface area contributed by atoms with Gasteiger partial charge in [-0.05, 0) is 136 Å². The SMILES string of the molecule is COc1ccc(C[C@@H]2NC(=O)[C@H]([C@@H](C)O)NC(=O)[C@@H]3C[C@H](F)CN3C(=O)[C@H](Cc3c[nH]c4ccc(F)cc34)NC(=O)[C@H](Cc3c[nH]c4ccc(F)cc34)NC(=O)[C@@H](C)NC(=O)[C@H](CCCCN)NC(=O)[C@@H](NC(C)=O)CC(=O)NCc3ccccc3C[C@@H](C(N)=O)NC(=O)[C@]3(C)CCCN3C2=O)cc1. The molecule has 3 aliphatic rings. The summed E-state index contributed by atoms with van der Waals surface area (Å²) in [7, 11) is 1.44. The molecule has 4 aromatic carbocycles. The molecular weight excluding hydrogens is 1360 g/mol. The number of aliphatic hydroxyl groups is 1. The standard InChI is InChI=1S/C72H88F3N15O14/c1-37-63(95)84-55(27-43-34-78-51-20-16-45(73)29-49(43)51)65(97)85-58(28-44-35-79-52-21-17-46(74)30-50(44)52)69(101)89-36-47(75)31-59(89)67(99)88-61(38(2)91)68(100)86-57(25-40-14-18-48(104-5)19-15-40)70(102)90-24-10-22-72(90,4)71(103)87-54(62(77)94)26-41-11-6-7-12-42(41)33-80-60(93)32-56(82-39(3)92)66(98)83-53(64(96)81-37)13-8-9-23-76/h6-7,11-12,14-21,29-30,34-35,37-38,47,53-59,61,78-79,91H,8-10,13,22-28,31-33,36,76H2,1-5H3,(H2,77,94)(H,80,93)(H,81,96)(H,82,92)(H,83,98)(H,84,95)(H,85,97)(H,86,100)(H,87,103)(H,88,99)/t37-,38-,47+,53+,54+,55+,56+,57+,58+,59+,61+,72+/m1/s1. The predicted octanol–water partition coefficient (Wildman–Crippen LogP) is 0.460. The molecule has 556 valence electrons. The number of amides is 12. The van der Waals surface area contributed by atoms with E-state index in [0.717, 1.165) is 24.8 Å². The number of aliphatic hydroxyl groups excluding tert-OH is 1. The predicted molar refractivity (Wildman–Crippen MR) is 372 cm³/mol. The van der Waals surface area contributed by atoms with Crippen molar-refractivity contribution in [1.29, 1.82) is 0 Å². The molecule has 2 saturated heterocycles. The van der Waals surface area contributed by atoms with Gasteiger partial charge < -0.3 is 88.9 Å². The van der Waals surface area contributed by atoms with E-state index in [-0.39, 0.29) is 80.1 Å². The van der Waals surface area contributed by atoms with Gasteiger partial charge in [-0.3, -0.25) is 57.5 Å². The topological polar surface area (TPSA) is 433 Å². The van der Waals surface area contributed by atoms with Crippen molar-refractivity contribution in [3.05, 3.63) is 137 Å². The fourth-order valence-electron chi connectivity index (χ4n) is 13.4. The first-order valence-electron chi connectivity index (χ1n) is 34.4. The van der Waals surface area contributed by atoms with Gasteiger partial charge >= 0.3 is 0 Å². The van der Waals surface area contributed by atoms with Crippen LogP contribution in [0.5, 0.6) is 5.75 Å². The molecule has 0 spiro atoms. The smallest absolute Gasteiger partial charge is 0.246 e. The number of aromatic nitrogens is 2. The van der Waals surface area contributed by atoms with Crippen LogP contribution in [0.1, 0.15) is 100 Å². The Bertz CT molecular complexity index is 4210. The Morgan fingerprint density at radius 2 is 1.30 bits per heavy atom. The van der Waals surface area contributed by atoms with Gasteiger partial charge in [0.2, 0.25) is 70.9 Å². The highest BCUT2D eigenvalue weighted by molar-refractivity contribution is 6.01. The second-order valence-corrected chi connectivity index (χ2v) is 26.8. The van der Waals surface area contributed by atoms with Gasteiger partial charge in [0.25, 0.3) is 0 Å². The minimum absolute atomic E-state index is 0.0400. The van der Waals surface area contributed by atoms with Crippen LogP contribution in [-0.2, 0) is 89.8 Å². The van der Waals surface area contributed by atoms with E-state index in [4.69, 9.17) is 16.2 Å². The molecule has 29 nitrogen and oxygen atoms in total. The van der Waals surface area contributed by atoms with Crippen LogP contribution < -0.4 is 64.1 Å². The molecular formula is C72H88F3N15O14. The maximum atomic E-state index is 16.2. The number of carbonyl (C=O) groups excluding carboxylic acids is 12. The number of carbonyl (C=O) groups is 12. The van der Waals surface area contributed by atoms with Gasteiger partial charge in [-0.1, -0.05) is 36.4 Å². The van der Waals surface area contributed by atoms with Gasteiger partial charge in [-0.2, -0.15) is 0 Å². The van der Waals surface area contributed by atoms with Gasteiger partial charge in [0.05, 0.1) is 26.2 Å². The first-order chi connectivity index (χ1) is 49.5. The second-order valence-electron chi connectivity index (χ2n) is 26.8. The van der Waals surface area contributed by atoms with E-state index >= 15 is 23.2 Å². The van der Waals surface area contributed by atoms with Gasteiger partial charge in [-0.15, -0.1) is 0 Å². The zero-order chi connectivity index (χ0) is 75.3. The Morgan fingerprint density at radius 1 is 0.702 bits per heavy atom. The minimum Gasteiger partial charge on any atom is -0.497 e. The number of aromatic amines is 2. The molecule has 0 saturated carbocycles. The summed E-state index contributed by atoms with van der Waals surface area (Å²) in [5.41, 5.74) is 12.7. The van der Waals surface area contributed by atoms with Crippen LogP contribution in [0.4, 0.5) is 13.2 Å². The molecule has 5 heterocycles. The zero-order valence-corrected chi connectivity index (χ0v) is 58.1. The molecule has 12 amide bonds. The molecule has 2 fully saturated rings. The number of primary amides is 1. The summed E-state index contributed by atoms with van der Waals surface area (Å²) in [5, 5.41) is 35.3. The van der Waals surface area contributed by atoms with Gasteiger partial charge in [0, 0.05) is 86.3 Å². The lowest BCUT2D eigenvalue weighted by Crippen LogP contribution is -2.64. The number of ether oxygens (including phenoxy) is 1. The van der Waals surface area contributed by atoms with E-state index in [1.807, 2.05) is 0 Å². The lowest BCUT2D eigenvalue weighted by Gasteiger charge is -2.37. The Labute approximate surface area is 596 Å². The lowest BCUT2D eigenvalue weighted by molar-refractivity contribution is -0.147. The fourth-order valence-corrected chi connectivity index (χ4v) is 13.4. The number of unbranched alkanes of at least 4 members (excludes halogenated alkanes) is 1. The summed E-state index contributed by atoms with van der Waals surface area (Å²) in [4.78, 5) is 182. The Hall–Kier alpha value is -10.9. The van der Waals surface area contributed by atoms with E-state index in [1.165, 1.54) is 68.6 Å². The van der Waals surface area contributed by atoms with Crippen molar-refractivity contribution < 1.29 is 80.5 Å². The van der Waals surface area contributed by atoms with Crippen molar-refractivity contribution in [2.24, 2.45) is 11.5 Å². The maximum Gasteiger partial charge on any atom is 0.246 e. The summed E-state index contributed by atoms with van der Waals surface area (Å²) in [6.45, 7) is 4.14. The number of methoxy groups -OCH3 is 1. The number of rotatable bonds is 14. The van der Waals surface area contributed by atoms with Crippen LogP contribution in [0.2, 0.25) is 0 Å². The van der Waals surface area contributed by atoms with Gasteiger partial charge in [0.15, 0.2) is 0 Å². The molecule has 9 rings (SSSR count). The normalized spacial score (nSPS) is 25.3. The third kappa shape index (κ3) is 19.0. The summed E-state index contributed by atoms with van der Waals surface area (Å²) < 4.78 is 51.5. The number of benzene rings is 4. The summed E-state index contributed by atoms with van der Waals surface area (Å²) in [5.74, 6) is -12.4. The highest BCUT2D eigenvalue weighted by atomic mass is 19.1. The highest BCUT2D eigenvalue weighted by Crippen LogP contribution is 2.32. The Balaban J connectivity index is 1.10. The number of nitrogens with one attached hydrogen (secondary N) is 11. The van der Waals surface area contributed by atoms with Crippen molar-refractivity contribution in [3.63, 3.8) is 0 Å². The second kappa shape index (κ2) is 34.4. The number of hydrogen-bond acceptors (Lipinski definition) is 15. The molecule has 2 aromatic heterocycles. The Kier molecular flexibility index (Phi) is 25.6. The van der Waals surface area contributed by atoms with E-state index in [0.29, 0.717) is 39.9 Å². The van der Waals surface area contributed by atoms with Crippen molar-refractivity contribution in [3.8, 4) is 5.75 Å². The monoisotopic (exact) mass is 1440 g/mol. The van der Waals surface area contributed by atoms with E-state index in [1.54, 1.807) is 48.5 Å². The lowest BCUT2D eigenvalue weighted by atomic mass is 9.94. The molecule has 104 heavy (non-hydrogen) atoms. The molecule has 6 aromatic rings. The number of halogens is 3. The number of nitrogens with zero attached hydrogens (tertiary/aromatic N) is 2. The van der Waals surface area contributed by atoms with E-state index < -0.39 is 187 Å². The summed E-state index contributed by atoms with van der Waals surface area (Å²) in [6.07, 6.45) is -2.67.